The van der Waals surface area contributed by atoms with Gasteiger partial charge in [-0.25, -0.2) is 0 Å². The first-order valence-corrected chi connectivity index (χ1v) is 6.55. The maximum absolute atomic E-state index is 11.7. The number of hydrogen-bond donors (Lipinski definition) is 0. The molecule has 0 radical (unpaired) electrons. The van der Waals surface area contributed by atoms with Gasteiger partial charge in [0, 0.05) is 12.5 Å². The van der Waals surface area contributed by atoms with Crippen molar-refractivity contribution in [2.24, 2.45) is 10.4 Å². The Bertz CT molecular complexity index is 256. The first-order chi connectivity index (χ1) is 7.36. The van der Waals surface area contributed by atoms with E-state index in [0.717, 1.165) is 11.5 Å². The molecule has 0 aromatic carbocycles. The Labute approximate surface area is 103 Å². The van der Waals surface area contributed by atoms with Crippen LogP contribution in [0.5, 0.6) is 0 Å². The number of nitrogens with zero attached hydrogens (tertiary/aromatic N) is 1. The lowest BCUT2D eigenvalue weighted by atomic mass is 9.99. The van der Waals surface area contributed by atoms with E-state index in [1.807, 2.05) is 13.8 Å². The standard InChI is InChI=1S/C12H23NO2S/c1-7-9(10(14)15-8-2)16-11(13-6)12(3,4)5/h9H,7-8H2,1-6H3/b13-11-. The molecular formula is C12H23NO2S. The second-order valence-electron chi connectivity index (χ2n) is 4.55. The van der Waals surface area contributed by atoms with E-state index in [2.05, 4.69) is 25.8 Å². The Morgan fingerprint density at radius 1 is 1.38 bits per heavy atom. The summed E-state index contributed by atoms with van der Waals surface area (Å²) < 4.78 is 5.04. The van der Waals surface area contributed by atoms with Crippen LogP contribution in [-0.4, -0.2) is 29.9 Å². The molecule has 1 atom stereocenters. The average Bonchev–Trinajstić information content (AvgIpc) is 2.17. The fourth-order valence-corrected chi connectivity index (χ4v) is 2.29. The highest BCUT2D eigenvalue weighted by Gasteiger charge is 2.26. The molecule has 0 aromatic heterocycles. The van der Waals surface area contributed by atoms with Gasteiger partial charge in [-0.3, -0.25) is 9.79 Å². The predicted molar refractivity (Wildman–Crippen MR) is 71.1 cm³/mol. The molecule has 94 valence electrons. The average molecular weight is 245 g/mol. The molecule has 4 heteroatoms. The second kappa shape index (κ2) is 6.94. The van der Waals surface area contributed by atoms with Crippen LogP contribution in [0.3, 0.4) is 0 Å². The van der Waals surface area contributed by atoms with Crippen molar-refractivity contribution < 1.29 is 9.53 Å². The first-order valence-electron chi connectivity index (χ1n) is 5.67. The van der Waals surface area contributed by atoms with Crippen LogP contribution in [0.4, 0.5) is 0 Å². The van der Waals surface area contributed by atoms with Crippen molar-refractivity contribution in [3.05, 3.63) is 0 Å². The normalized spacial score (nSPS) is 14.8. The summed E-state index contributed by atoms with van der Waals surface area (Å²) in [6.07, 6.45) is 0.763. The zero-order chi connectivity index (χ0) is 12.8. The van der Waals surface area contributed by atoms with Gasteiger partial charge < -0.3 is 4.74 Å². The van der Waals surface area contributed by atoms with E-state index in [-0.39, 0.29) is 16.6 Å². The van der Waals surface area contributed by atoms with Gasteiger partial charge in [-0.1, -0.05) is 39.5 Å². The van der Waals surface area contributed by atoms with Crippen LogP contribution in [0.15, 0.2) is 4.99 Å². The fraction of sp³-hybridized carbons (Fsp3) is 0.833. The molecule has 1 unspecified atom stereocenters. The van der Waals surface area contributed by atoms with E-state index < -0.39 is 0 Å². The van der Waals surface area contributed by atoms with E-state index in [0.29, 0.717) is 6.61 Å². The van der Waals surface area contributed by atoms with Gasteiger partial charge in [-0.2, -0.15) is 0 Å². The third kappa shape index (κ3) is 5.01. The van der Waals surface area contributed by atoms with Gasteiger partial charge in [0.1, 0.15) is 5.25 Å². The van der Waals surface area contributed by atoms with Crippen molar-refractivity contribution >= 4 is 22.8 Å². The van der Waals surface area contributed by atoms with Crippen LogP contribution in [0.2, 0.25) is 0 Å². The van der Waals surface area contributed by atoms with Crippen molar-refractivity contribution in [1.82, 2.24) is 0 Å². The molecule has 0 fully saturated rings. The number of aliphatic imine (C=N–C) groups is 1. The minimum atomic E-state index is -0.141. The van der Waals surface area contributed by atoms with Gasteiger partial charge in [-0.15, -0.1) is 0 Å². The molecule has 0 aliphatic rings. The largest absolute Gasteiger partial charge is 0.465 e. The summed E-state index contributed by atoms with van der Waals surface area (Å²) in [5, 5.41) is 0.852. The Morgan fingerprint density at radius 2 is 1.94 bits per heavy atom. The Balaban J connectivity index is 4.59. The van der Waals surface area contributed by atoms with Crippen LogP contribution >= 0.6 is 11.8 Å². The number of esters is 1. The molecule has 0 aliphatic carbocycles. The molecule has 0 N–H and O–H groups in total. The molecule has 3 nitrogen and oxygen atoms in total. The Morgan fingerprint density at radius 3 is 2.25 bits per heavy atom. The van der Waals surface area contributed by atoms with Gasteiger partial charge in [0.05, 0.1) is 11.7 Å². The molecular weight excluding hydrogens is 222 g/mol. The van der Waals surface area contributed by atoms with E-state index in [1.54, 1.807) is 7.05 Å². The summed E-state index contributed by atoms with van der Waals surface area (Å²) in [7, 11) is 1.77. The highest BCUT2D eigenvalue weighted by atomic mass is 32.2. The van der Waals surface area contributed by atoms with E-state index in [1.165, 1.54) is 11.8 Å². The number of hydrogen-bond acceptors (Lipinski definition) is 4. The van der Waals surface area contributed by atoms with Gasteiger partial charge in [-0.05, 0) is 13.3 Å². The summed E-state index contributed by atoms with van der Waals surface area (Å²) in [4.78, 5) is 15.9. The number of thioether (sulfide) groups is 1. The SMILES string of the molecule is CCOC(=O)C(CC)S/C(=N\C)C(C)(C)C. The van der Waals surface area contributed by atoms with Gasteiger partial charge >= 0.3 is 5.97 Å². The lowest BCUT2D eigenvalue weighted by molar-refractivity contribution is -0.142. The zero-order valence-corrected chi connectivity index (χ0v) is 12.0. The molecule has 0 aliphatic heterocycles. The van der Waals surface area contributed by atoms with Crippen molar-refractivity contribution in [2.45, 2.75) is 46.3 Å². The quantitative estimate of drug-likeness (QED) is 0.434. The monoisotopic (exact) mass is 245 g/mol. The van der Waals surface area contributed by atoms with Crippen molar-refractivity contribution in [3.8, 4) is 0 Å². The Hall–Kier alpha value is -0.510. The maximum atomic E-state index is 11.7. The maximum Gasteiger partial charge on any atom is 0.319 e. The van der Waals surface area contributed by atoms with Crippen molar-refractivity contribution in [1.29, 1.82) is 0 Å². The topological polar surface area (TPSA) is 38.7 Å². The number of rotatable bonds is 4. The highest BCUT2D eigenvalue weighted by molar-refractivity contribution is 8.15. The summed E-state index contributed by atoms with van der Waals surface area (Å²) >= 11 is 1.52. The molecule has 0 amide bonds. The van der Waals surface area contributed by atoms with E-state index >= 15 is 0 Å². The number of ether oxygens (including phenoxy) is 1. The van der Waals surface area contributed by atoms with Crippen LogP contribution in [-0.2, 0) is 9.53 Å². The van der Waals surface area contributed by atoms with Gasteiger partial charge in [0.25, 0.3) is 0 Å². The van der Waals surface area contributed by atoms with E-state index in [9.17, 15) is 4.79 Å². The highest BCUT2D eigenvalue weighted by Crippen LogP contribution is 2.29. The Kier molecular flexibility index (Phi) is 6.72. The molecule has 16 heavy (non-hydrogen) atoms. The zero-order valence-electron chi connectivity index (χ0n) is 11.2. The molecule has 0 bridgehead atoms. The van der Waals surface area contributed by atoms with Crippen LogP contribution in [0, 0.1) is 5.41 Å². The third-order valence-corrected chi connectivity index (χ3v) is 3.85. The van der Waals surface area contributed by atoms with Crippen molar-refractivity contribution in [2.75, 3.05) is 13.7 Å². The number of carbonyl (C=O) groups is 1. The van der Waals surface area contributed by atoms with Crippen LogP contribution < -0.4 is 0 Å². The lowest BCUT2D eigenvalue weighted by Gasteiger charge is -2.23. The second-order valence-corrected chi connectivity index (χ2v) is 5.74. The first kappa shape index (κ1) is 15.5. The molecule has 0 spiro atoms. The lowest BCUT2D eigenvalue weighted by Crippen LogP contribution is -2.26. The molecule has 0 saturated carbocycles. The third-order valence-electron chi connectivity index (χ3n) is 2.02. The van der Waals surface area contributed by atoms with Crippen molar-refractivity contribution in [3.63, 3.8) is 0 Å². The summed E-state index contributed by atoms with van der Waals surface area (Å²) in [6, 6.07) is 0. The minimum Gasteiger partial charge on any atom is -0.465 e. The molecule has 0 aromatic rings. The minimum absolute atomic E-state index is 0.0146. The van der Waals surface area contributed by atoms with E-state index in [4.69, 9.17) is 4.74 Å². The van der Waals surface area contributed by atoms with Gasteiger partial charge in [0.15, 0.2) is 0 Å². The number of carbonyl (C=O) groups excluding carboxylic acids is 1. The summed E-state index contributed by atoms with van der Waals surface area (Å²) in [5.74, 6) is -0.139. The fourth-order valence-electron chi connectivity index (χ4n) is 1.23. The predicted octanol–water partition coefficient (Wildman–Crippen LogP) is 3.14. The molecule has 0 saturated heterocycles. The summed E-state index contributed by atoms with van der Waals surface area (Å²) in [6.45, 7) is 10.5. The summed E-state index contributed by atoms with van der Waals surface area (Å²) in [5.41, 5.74) is -0.0146. The van der Waals surface area contributed by atoms with Crippen LogP contribution in [0.25, 0.3) is 0 Å². The van der Waals surface area contributed by atoms with Gasteiger partial charge in [0.2, 0.25) is 0 Å². The smallest absolute Gasteiger partial charge is 0.319 e. The van der Waals surface area contributed by atoms with Crippen LogP contribution in [0.1, 0.15) is 41.0 Å². The molecule has 0 rings (SSSR count). The molecule has 0 heterocycles.